The van der Waals surface area contributed by atoms with Crippen LogP contribution in [-0.2, 0) is 16.4 Å². The number of hydrogen-bond acceptors (Lipinski definition) is 6. The molecule has 0 saturated carbocycles. The van der Waals surface area contributed by atoms with Crippen molar-refractivity contribution in [1.82, 2.24) is 14.9 Å². The number of nitrogens with two attached hydrogens (primary N) is 1. The van der Waals surface area contributed by atoms with Gasteiger partial charge in [0.05, 0.1) is 16.3 Å². The van der Waals surface area contributed by atoms with E-state index in [1.165, 1.54) is 24.3 Å². The van der Waals surface area contributed by atoms with Gasteiger partial charge in [-0.25, -0.2) is 13.1 Å². The van der Waals surface area contributed by atoms with Crippen molar-refractivity contribution in [1.29, 1.82) is 0 Å². The molecule has 0 radical (unpaired) electrons. The number of aromatic amines is 1. The van der Waals surface area contributed by atoms with Crippen LogP contribution in [0.15, 0.2) is 46.7 Å². The van der Waals surface area contributed by atoms with Gasteiger partial charge in [-0.2, -0.15) is 5.10 Å². The highest BCUT2D eigenvalue weighted by molar-refractivity contribution is 7.89. The normalized spacial score (nSPS) is 11.3. The predicted octanol–water partition coefficient (Wildman–Crippen LogP) is 1.65. The molecule has 2 aromatic heterocycles. The summed E-state index contributed by atoms with van der Waals surface area (Å²) in [7, 11) is -3.68. The standard InChI is InChI=1S/C18H19N5O4S2/c1-11-15(16(17(19)24)23-22-11)21-18(25)12-4-6-14(7-5-12)29(26,27)20-9-8-13-3-2-10-28-13/h2-7,10,20H,8-9H2,1H3,(H2,19,24)(H,21,25)(H,22,23). The van der Waals surface area contributed by atoms with Crippen molar-refractivity contribution >= 4 is 38.9 Å². The van der Waals surface area contributed by atoms with E-state index < -0.39 is 21.8 Å². The zero-order chi connectivity index (χ0) is 21.0. The lowest BCUT2D eigenvalue weighted by atomic mass is 10.2. The van der Waals surface area contributed by atoms with Crippen molar-refractivity contribution in [2.45, 2.75) is 18.2 Å². The Morgan fingerprint density at radius 1 is 1.21 bits per heavy atom. The summed E-state index contributed by atoms with van der Waals surface area (Å²) in [6.07, 6.45) is 0.601. The number of aryl methyl sites for hydroxylation is 1. The van der Waals surface area contributed by atoms with Crippen molar-refractivity contribution in [3.63, 3.8) is 0 Å². The van der Waals surface area contributed by atoms with Gasteiger partial charge in [0.25, 0.3) is 11.8 Å². The van der Waals surface area contributed by atoms with Crippen molar-refractivity contribution in [2.24, 2.45) is 5.73 Å². The van der Waals surface area contributed by atoms with Crippen LogP contribution in [0.4, 0.5) is 5.69 Å². The number of benzene rings is 1. The Bertz CT molecular complexity index is 1120. The van der Waals surface area contributed by atoms with Crippen LogP contribution >= 0.6 is 11.3 Å². The molecule has 0 fully saturated rings. The lowest BCUT2D eigenvalue weighted by molar-refractivity contribution is 0.0996. The molecule has 0 aliphatic heterocycles. The number of aromatic nitrogens is 2. The van der Waals surface area contributed by atoms with Crippen molar-refractivity contribution in [3.05, 3.63) is 63.6 Å². The molecule has 0 spiro atoms. The Labute approximate surface area is 171 Å². The number of hydrogen-bond donors (Lipinski definition) is 4. The Hall–Kier alpha value is -3.02. The number of rotatable bonds is 8. The Balaban J connectivity index is 1.67. The maximum atomic E-state index is 12.4. The number of anilines is 1. The predicted molar refractivity (Wildman–Crippen MR) is 109 cm³/mol. The molecule has 3 aromatic rings. The fourth-order valence-electron chi connectivity index (χ4n) is 2.58. The zero-order valence-corrected chi connectivity index (χ0v) is 17.1. The highest BCUT2D eigenvalue weighted by Gasteiger charge is 2.19. The average Bonchev–Trinajstić information content (AvgIpc) is 3.32. The topological polar surface area (TPSA) is 147 Å². The molecule has 0 aliphatic rings. The number of carbonyl (C=O) groups excluding carboxylic acids is 2. The van der Waals surface area contributed by atoms with Gasteiger partial charge in [0.1, 0.15) is 0 Å². The third-order valence-corrected chi connectivity index (χ3v) is 6.50. The van der Waals surface area contributed by atoms with E-state index in [0.717, 1.165) is 4.88 Å². The van der Waals surface area contributed by atoms with Gasteiger partial charge < -0.3 is 11.1 Å². The fraction of sp³-hybridized carbons (Fsp3) is 0.167. The molecule has 2 amide bonds. The van der Waals surface area contributed by atoms with Gasteiger partial charge in [0.15, 0.2) is 5.69 Å². The number of nitrogens with zero attached hydrogens (tertiary/aromatic N) is 1. The number of thiophene rings is 1. The Morgan fingerprint density at radius 3 is 2.55 bits per heavy atom. The van der Waals surface area contributed by atoms with E-state index in [4.69, 9.17) is 5.73 Å². The summed E-state index contributed by atoms with van der Waals surface area (Å²) in [6, 6.07) is 9.33. The zero-order valence-electron chi connectivity index (χ0n) is 15.4. The molecule has 2 heterocycles. The SMILES string of the molecule is Cc1[nH]nc(C(N)=O)c1NC(=O)c1ccc(S(=O)(=O)NCCc2cccs2)cc1. The van der Waals surface area contributed by atoms with Gasteiger partial charge in [-0.05, 0) is 49.1 Å². The average molecular weight is 434 g/mol. The Morgan fingerprint density at radius 2 is 1.93 bits per heavy atom. The van der Waals surface area contributed by atoms with Gasteiger partial charge in [0, 0.05) is 17.0 Å². The molecule has 5 N–H and O–H groups in total. The second-order valence-corrected chi connectivity index (χ2v) is 8.94. The van der Waals surface area contributed by atoms with Crippen LogP contribution in [0.25, 0.3) is 0 Å². The lowest BCUT2D eigenvalue weighted by Gasteiger charge is -2.08. The van der Waals surface area contributed by atoms with Crippen LogP contribution in [0.3, 0.4) is 0 Å². The smallest absolute Gasteiger partial charge is 0.271 e. The minimum absolute atomic E-state index is 0.0533. The van der Waals surface area contributed by atoms with Gasteiger partial charge in [-0.1, -0.05) is 6.07 Å². The van der Waals surface area contributed by atoms with E-state index in [-0.39, 0.29) is 28.4 Å². The quantitative estimate of drug-likeness (QED) is 0.426. The minimum atomic E-state index is -3.68. The molecule has 0 unspecified atom stereocenters. The maximum absolute atomic E-state index is 12.4. The monoisotopic (exact) mass is 433 g/mol. The largest absolute Gasteiger partial charge is 0.364 e. The van der Waals surface area contributed by atoms with Gasteiger partial charge in [-0.15, -0.1) is 11.3 Å². The first kappa shape index (κ1) is 20.7. The first-order valence-corrected chi connectivity index (χ1v) is 10.9. The first-order valence-electron chi connectivity index (χ1n) is 8.56. The fourth-order valence-corrected chi connectivity index (χ4v) is 4.32. The number of amides is 2. The lowest BCUT2D eigenvalue weighted by Crippen LogP contribution is -2.26. The molecular formula is C18H19N5O4S2. The molecule has 11 heteroatoms. The second-order valence-electron chi connectivity index (χ2n) is 6.14. The summed E-state index contributed by atoms with van der Waals surface area (Å²) in [6.45, 7) is 1.91. The van der Waals surface area contributed by atoms with E-state index in [0.29, 0.717) is 12.1 Å². The molecule has 1 aromatic carbocycles. The highest BCUT2D eigenvalue weighted by atomic mass is 32.2. The van der Waals surface area contributed by atoms with Crippen LogP contribution in [0.2, 0.25) is 0 Å². The summed E-state index contributed by atoms with van der Waals surface area (Å²) in [5, 5.41) is 10.8. The molecular weight excluding hydrogens is 414 g/mol. The van der Waals surface area contributed by atoms with Gasteiger partial charge in [-0.3, -0.25) is 14.7 Å². The third kappa shape index (κ3) is 4.88. The first-order chi connectivity index (χ1) is 13.8. The van der Waals surface area contributed by atoms with Gasteiger partial charge in [0.2, 0.25) is 10.0 Å². The van der Waals surface area contributed by atoms with Crippen molar-refractivity contribution < 1.29 is 18.0 Å². The van der Waals surface area contributed by atoms with Crippen LogP contribution in [-0.4, -0.2) is 37.0 Å². The second kappa shape index (κ2) is 8.55. The summed E-state index contributed by atoms with van der Waals surface area (Å²) in [4.78, 5) is 25.0. The van der Waals surface area contributed by atoms with Crippen LogP contribution in [0.1, 0.15) is 31.4 Å². The molecule has 29 heavy (non-hydrogen) atoms. The molecule has 0 atom stereocenters. The molecule has 0 aliphatic carbocycles. The molecule has 3 rings (SSSR count). The maximum Gasteiger partial charge on any atom is 0.271 e. The summed E-state index contributed by atoms with van der Waals surface area (Å²) in [5.74, 6) is -1.30. The van der Waals surface area contributed by atoms with Crippen LogP contribution in [0, 0.1) is 6.92 Å². The highest BCUT2D eigenvalue weighted by Crippen LogP contribution is 2.19. The van der Waals surface area contributed by atoms with E-state index in [1.807, 2.05) is 17.5 Å². The number of nitrogens with one attached hydrogen (secondary N) is 3. The number of sulfonamides is 1. The van der Waals surface area contributed by atoms with E-state index in [1.54, 1.807) is 18.3 Å². The molecule has 152 valence electrons. The van der Waals surface area contributed by atoms with E-state index in [2.05, 4.69) is 20.2 Å². The van der Waals surface area contributed by atoms with E-state index >= 15 is 0 Å². The van der Waals surface area contributed by atoms with Crippen molar-refractivity contribution in [3.8, 4) is 0 Å². The van der Waals surface area contributed by atoms with E-state index in [9.17, 15) is 18.0 Å². The van der Waals surface area contributed by atoms with Crippen LogP contribution < -0.4 is 15.8 Å². The number of carbonyl (C=O) groups is 2. The summed E-state index contributed by atoms with van der Waals surface area (Å²) in [5.41, 5.74) is 6.04. The van der Waals surface area contributed by atoms with Crippen molar-refractivity contribution in [2.75, 3.05) is 11.9 Å². The molecule has 0 bridgehead atoms. The minimum Gasteiger partial charge on any atom is -0.364 e. The Kier molecular flexibility index (Phi) is 6.11. The van der Waals surface area contributed by atoms with Gasteiger partial charge >= 0.3 is 0 Å². The van der Waals surface area contributed by atoms with Crippen LogP contribution in [0.5, 0.6) is 0 Å². The molecule has 9 nitrogen and oxygen atoms in total. The number of primary amides is 1. The third-order valence-electron chi connectivity index (χ3n) is 4.09. The summed E-state index contributed by atoms with van der Waals surface area (Å²) < 4.78 is 27.3. The number of H-pyrrole nitrogens is 1. The molecule has 0 saturated heterocycles. The summed E-state index contributed by atoms with van der Waals surface area (Å²) >= 11 is 1.56.